The number of carbonyl (C=O) groups is 1. The molecule has 20 heavy (non-hydrogen) atoms. The van der Waals surface area contributed by atoms with Crippen LogP contribution in [0.4, 0.5) is 0 Å². The second-order valence-corrected chi connectivity index (χ2v) is 6.68. The Morgan fingerprint density at radius 3 is 2.70 bits per heavy atom. The summed E-state index contributed by atoms with van der Waals surface area (Å²) >= 11 is 5.85. The van der Waals surface area contributed by atoms with Crippen molar-refractivity contribution in [1.82, 2.24) is 5.32 Å². The minimum absolute atomic E-state index is 0.0637. The van der Waals surface area contributed by atoms with Crippen molar-refractivity contribution in [2.45, 2.75) is 17.7 Å². The smallest absolute Gasteiger partial charge is 0.221 e. The third kappa shape index (κ3) is 5.48. The third-order valence-electron chi connectivity index (χ3n) is 2.62. The van der Waals surface area contributed by atoms with E-state index in [-0.39, 0.29) is 28.0 Å². The van der Waals surface area contributed by atoms with Gasteiger partial charge >= 0.3 is 0 Å². The lowest BCUT2D eigenvalue weighted by Gasteiger charge is -2.07. The largest absolute Gasteiger partial charge is 0.385 e. The van der Waals surface area contributed by atoms with Crippen LogP contribution < -0.4 is 5.32 Å². The Balaban J connectivity index is 2.48. The van der Waals surface area contributed by atoms with E-state index in [0.29, 0.717) is 19.6 Å². The molecule has 0 aliphatic heterocycles. The van der Waals surface area contributed by atoms with Crippen molar-refractivity contribution in [1.29, 1.82) is 0 Å². The molecule has 1 aromatic rings. The molecule has 0 unspecified atom stereocenters. The number of hydrogen-bond donors (Lipinski definition) is 1. The number of carbonyl (C=O) groups excluding carboxylic acids is 1. The van der Waals surface area contributed by atoms with E-state index in [2.05, 4.69) is 5.32 Å². The molecular weight excluding hydrogens is 302 g/mol. The number of amides is 1. The summed E-state index contributed by atoms with van der Waals surface area (Å²) in [6.45, 7) is 1.02. The van der Waals surface area contributed by atoms with Gasteiger partial charge in [0.15, 0.2) is 9.84 Å². The van der Waals surface area contributed by atoms with Gasteiger partial charge in [-0.05, 0) is 18.6 Å². The van der Waals surface area contributed by atoms with Gasteiger partial charge in [0.05, 0.1) is 15.7 Å². The Morgan fingerprint density at radius 2 is 2.05 bits per heavy atom. The second kappa shape index (κ2) is 8.24. The summed E-state index contributed by atoms with van der Waals surface area (Å²) in [7, 11) is -1.96. The van der Waals surface area contributed by atoms with Crippen molar-refractivity contribution < 1.29 is 17.9 Å². The Labute approximate surface area is 124 Å². The molecule has 0 bridgehead atoms. The topological polar surface area (TPSA) is 72.5 Å². The molecule has 0 fully saturated rings. The SMILES string of the molecule is COCCCNC(=O)CCS(=O)(=O)c1ccccc1Cl. The van der Waals surface area contributed by atoms with E-state index >= 15 is 0 Å². The first kappa shape index (κ1) is 16.9. The number of ether oxygens (including phenoxy) is 1. The van der Waals surface area contributed by atoms with E-state index in [0.717, 1.165) is 0 Å². The first-order valence-electron chi connectivity index (χ1n) is 6.20. The number of sulfone groups is 1. The van der Waals surface area contributed by atoms with E-state index in [1.54, 1.807) is 19.2 Å². The van der Waals surface area contributed by atoms with Gasteiger partial charge in [-0.2, -0.15) is 0 Å². The van der Waals surface area contributed by atoms with Crippen molar-refractivity contribution >= 4 is 27.3 Å². The van der Waals surface area contributed by atoms with E-state index in [1.807, 2.05) is 0 Å². The van der Waals surface area contributed by atoms with Crippen LogP contribution in [-0.4, -0.2) is 40.3 Å². The highest BCUT2D eigenvalue weighted by atomic mass is 35.5. The molecule has 0 aliphatic carbocycles. The summed E-state index contributed by atoms with van der Waals surface area (Å²) < 4.78 is 28.9. The minimum Gasteiger partial charge on any atom is -0.385 e. The molecule has 0 saturated carbocycles. The van der Waals surface area contributed by atoms with E-state index in [1.165, 1.54) is 12.1 Å². The highest BCUT2D eigenvalue weighted by molar-refractivity contribution is 7.91. The van der Waals surface area contributed by atoms with Crippen LogP contribution in [-0.2, 0) is 19.4 Å². The van der Waals surface area contributed by atoms with Gasteiger partial charge in [-0.15, -0.1) is 0 Å². The lowest BCUT2D eigenvalue weighted by atomic mass is 10.4. The van der Waals surface area contributed by atoms with Crippen LogP contribution in [0.1, 0.15) is 12.8 Å². The van der Waals surface area contributed by atoms with Crippen molar-refractivity contribution in [3.8, 4) is 0 Å². The van der Waals surface area contributed by atoms with Crippen LogP contribution in [0.3, 0.4) is 0 Å². The lowest BCUT2D eigenvalue weighted by Crippen LogP contribution is -2.27. The van der Waals surface area contributed by atoms with E-state index in [9.17, 15) is 13.2 Å². The van der Waals surface area contributed by atoms with Gasteiger partial charge < -0.3 is 10.1 Å². The van der Waals surface area contributed by atoms with Gasteiger partial charge in [-0.1, -0.05) is 23.7 Å². The standard InChI is InChI=1S/C13H18ClNO4S/c1-19-9-4-8-15-13(16)7-10-20(17,18)12-6-3-2-5-11(12)14/h2-3,5-6H,4,7-10H2,1H3,(H,15,16). The summed E-state index contributed by atoms with van der Waals surface area (Å²) in [4.78, 5) is 11.6. The summed E-state index contributed by atoms with van der Waals surface area (Å²) in [5.41, 5.74) is 0. The first-order valence-corrected chi connectivity index (χ1v) is 8.23. The third-order valence-corrected chi connectivity index (χ3v) is 4.83. The second-order valence-electron chi connectivity index (χ2n) is 4.20. The first-order chi connectivity index (χ1) is 9.47. The highest BCUT2D eigenvalue weighted by Gasteiger charge is 2.18. The number of halogens is 1. The van der Waals surface area contributed by atoms with Crippen molar-refractivity contribution in [3.63, 3.8) is 0 Å². The van der Waals surface area contributed by atoms with E-state index in [4.69, 9.17) is 16.3 Å². The number of methoxy groups -OCH3 is 1. The molecule has 5 nitrogen and oxygen atoms in total. The fraction of sp³-hybridized carbons (Fsp3) is 0.462. The average Bonchev–Trinajstić information content (AvgIpc) is 2.42. The molecule has 0 atom stereocenters. The molecule has 0 aromatic heterocycles. The molecule has 1 amide bonds. The molecular formula is C13H18ClNO4S. The fourth-order valence-electron chi connectivity index (χ4n) is 1.57. The predicted molar refractivity (Wildman–Crippen MR) is 77.6 cm³/mol. The molecule has 0 saturated heterocycles. The number of benzene rings is 1. The van der Waals surface area contributed by atoms with Crippen LogP contribution in [0.25, 0.3) is 0 Å². The van der Waals surface area contributed by atoms with Crippen LogP contribution in [0.5, 0.6) is 0 Å². The predicted octanol–water partition coefficient (Wildman–Crippen LogP) is 1.66. The zero-order valence-corrected chi connectivity index (χ0v) is 12.8. The van der Waals surface area contributed by atoms with Gasteiger partial charge in [-0.3, -0.25) is 4.79 Å². The molecule has 0 spiro atoms. The Hall–Kier alpha value is -1.11. The molecule has 0 radical (unpaired) electrons. The fourth-order valence-corrected chi connectivity index (χ4v) is 3.38. The van der Waals surface area contributed by atoms with E-state index < -0.39 is 9.84 Å². The van der Waals surface area contributed by atoms with Crippen molar-refractivity contribution in [3.05, 3.63) is 29.3 Å². The normalized spacial score (nSPS) is 11.3. The molecule has 0 aliphatic rings. The quantitative estimate of drug-likeness (QED) is 0.740. The molecule has 1 N–H and O–H groups in total. The molecule has 0 heterocycles. The molecule has 1 rings (SSSR count). The van der Waals surface area contributed by atoms with Crippen LogP contribution in [0, 0.1) is 0 Å². The average molecular weight is 320 g/mol. The van der Waals surface area contributed by atoms with Crippen LogP contribution >= 0.6 is 11.6 Å². The van der Waals surface area contributed by atoms with Gasteiger partial charge in [0, 0.05) is 26.7 Å². The maximum Gasteiger partial charge on any atom is 0.221 e. The maximum atomic E-state index is 12.0. The number of nitrogens with one attached hydrogen (secondary N) is 1. The zero-order chi connectivity index (χ0) is 15.0. The van der Waals surface area contributed by atoms with Crippen molar-refractivity contribution in [2.75, 3.05) is 26.0 Å². The summed E-state index contributed by atoms with van der Waals surface area (Å²) in [5.74, 6) is -0.552. The van der Waals surface area contributed by atoms with Gasteiger partial charge in [0.25, 0.3) is 0 Å². The van der Waals surface area contributed by atoms with Gasteiger partial charge in [0.2, 0.25) is 5.91 Å². The van der Waals surface area contributed by atoms with Gasteiger partial charge in [-0.25, -0.2) is 8.42 Å². The highest BCUT2D eigenvalue weighted by Crippen LogP contribution is 2.22. The Bertz CT molecular complexity index is 545. The van der Waals surface area contributed by atoms with Gasteiger partial charge in [0.1, 0.15) is 0 Å². The molecule has 7 heteroatoms. The summed E-state index contributed by atoms with van der Waals surface area (Å²) in [6.07, 6.45) is 0.611. The monoisotopic (exact) mass is 319 g/mol. The van der Waals surface area contributed by atoms with Crippen LogP contribution in [0.15, 0.2) is 29.2 Å². The molecule has 1 aromatic carbocycles. The Kier molecular flexibility index (Phi) is 6.98. The molecule has 112 valence electrons. The maximum absolute atomic E-state index is 12.0. The Morgan fingerprint density at radius 1 is 1.35 bits per heavy atom. The minimum atomic E-state index is -3.54. The van der Waals surface area contributed by atoms with Crippen molar-refractivity contribution in [2.24, 2.45) is 0 Å². The number of hydrogen-bond acceptors (Lipinski definition) is 4. The number of rotatable bonds is 8. The zero-order valence-electron chi connectivity index (χ0n) is 11.3. The summed E-state index contributed by atoms with van der Waals surface area (Å²) in [5, 5.41) is 2.81. The van der Waals surface area contributed by atoms with Crippen LogP contribution in [0.2, 0.25) is 5.02 Å². The lowest BCUT2D eigenvalue weighted by molar-refractivity contribution is -0.120. The summed E-state index contributed by atoms with van der Waals surface area (Å²) in [6, 6.07) is 6.21.